The molecule has 0 spiro atoms. The van der Waals surface area contributed by atoms with E-state index in [1.54, 1.807) is 36.4 Å². The normalized spacial score (nSPS) is 12.3. The van der Waals surface area contributed by atoms with Crippen molar-refractivity contribution in [3.8, 4) is 17.2 Å². The highest BCUT2D eigenvalue weighted by atomic mass is 16.6. The van der Waals surface area contributed by atoms with E-state index in [1.165, 1.54) is 0 Å². The Morgan fingerprint density at radius 3 is 2.39 bits per heavy atom. The van der Waals surface area contributed by atoms with Crippen LogP contribution in [-0.2, 0) is 0 Å². The standard InChI is InChI=1S/C13H10N2O3/c14-7-1-3-8(4-2-7)17-10-6-5-9(15)12-11(10)13(16)18-12/h1-6H,14-15H2. The van der Waals surface area contributed by atoms with Crippen LogP contribution < -0.4 is 20.9 Å². The zero-order chi connectivity index (χ0) is 12.7. The summed E-state index contributed by atoms with van der Waals surface area (Å²) < 4.78 is 10.5. The van der Waals surface area contributed by atoms with Crippen LogP contribution >= 0.6 is 0 Å². The Balaban J connectivity index is 1.97. The van der Waals surface area contributed by atoms with Crippen LogP contribution in [0.2, 0.25) is 0 Å². The van der Waals surface area contributed by atoms with Gasteiger partial charge in [0.1, 0.15) is 17.1 Å². The van der Waals surface area contributed by atoms with Crippen LogP contribution in [0.15, 0.2) is 36.4 Å². The lowest BCUT2D eigenvalue weighted by Gasteiger charge is -2.22. The molecule has 0 atom stereocenters. The van der Waals surface area contributed by atoms with Crippen molar-refractivity contribution >= 4 is 17.3 Å². The van der Waals surface area contributed by atoms with Gasteiger partial charge in [-0.3, -0.25) is 0 Å². The first-order chi connectivity index (χ1) is 8.65. The molecule has 5 heteroatoms. The van der Waals surface area contributed by atoms with Gasteiger partial charge in [-0.1, -0.05) is 0 Å². The van der Waals surface area contributed by atoms with Crippen molar-refractivity contribution in [1.82, 2.24) is 0 Å². The molecule has 90 valence electrons. The van der Waals surface area contributed by atoms with Gasteiger partial charge in [-0.2, -0.15) is 0 Å². The van der Waals surface area contributed by atoms with Gasteiger partial charge in [0.15, 0.2) is 5.75 Å². The largest absolute Gasteiger partial charge is 0.456 e. The molecule has 0 aromatic heterocycles. The SMILES string of the molecule is Nc1ccc(Oc2ccc(N)c3c2C(=O)O3)cc1. The Hall–Kier alpha value is -2.69. The van der Waals surface area contributed by atoms with Crippen LogP contribution in [0, 0.1) is 0 Å². The number of carbonyl (C=O) groups excluding carboxylic acids is 1. The smallest absolute Gasteiger partial charge is 0.351 e. The van der Waals surface area contributed by atoms with Gasteiger partial charge in [-0.25, -0.2) is 4.79 Å². The summed E-state index contributed by atoms with van der Waals surface area (Å²) in [4.78, 5) is 11.4. The van der Waals surface area contributed by atoms with E-state index in [-0.39, 0.29) is 0 Å². The minimum Gasteiger partial charge on any atom is -0.456 e. The molecule has 5 nitrogen and oxygen atoms in total. The molecule has 1 aliphatic heterocycles. The Labute approximate surface area is 103 Å². The lowest BCUT2D eigenvalue weighted by Crippen LogP contribution is -2.23. The molecule has 0 saturated heterocycles. The summed E-state index contributed by atoms with van der Waals surface area (Å²) in [5.41, 5.74) is 12.7. The fraction of sp³-hybridized carbons (Fsp3) is 0. The molecule has 0 fully saturated rings. The zero-order valence-electron chi connectivity index (χ0n) is 9.34. The van der Waals surface area contributed by atoms with Crippen molar-refractivity contribution in [3.05, 3.63) is 42.0 Å². The van der Waals surface area contributed by atoms with Crippen LogP contribution in [0.4, 0.5) is 11.4 Å². The molecule has 2 aromatic carbocycles. The number of nitrogen functional groups attached to an aromatic ring is 2. The monoisotopic (exact) mass is 242 g/mol. The maximum atomic E-state index is 11.4. The van der Waals surface area contributed by atoms with E-state index in [1.807, 2.05) is 0 Å². The summed E-state index contributed by atoms with van der Waals surface area (Å²) in [6, 6.07) is 10.2. The van der Waals surface area contributed by atoms with E-state index in [0.29, 0.717) is 34.2 Å². The van der Waals surface area contributed by atoms with Gasteiger partial charge in [0, 0.05) is 5.69 Å². The maximum Gasteiger partial charge on any atom is 0.351 e. The van der Waals surface area contributed by atoms with Crippen molar-refractivity contribution in [2.45, 2.75) is 0 Å². The van der Waals surface area contributed by atoms with E-state index in [0.717, 1.165) is 0 Å². The van der Waals surface area contributed by atoms with Crippen LogP contribution in [0.5, 0.6) is 17.2 Å². The third-order valence-corrected chi connectivity index (χ3v) is 2.66. The quantitative estimate of drug-likeness (QED) is 0.622. The molecule has 1 heterocycles. The lowest BCUT2D eigenvalue weighted by atomic mass is 10.1. The van der Waals surface area contributed by atoms with Gasteiger partial charge >= 0.3 is 5.97 Å². The first kappa shape index (κ1) is 10.5. The van der Waals surface area contributed by atoms with E-state index in [2.05, 4.69) is 0 Å². The third-order valence-electron chi connectivity index (χ3n) is 2.66. The van der Waals surface area contributed by atoms with Gasteiger partial charge in [0.05, 0.1) is 5.69 Å². The topological polar surface area (TPSA) is 87.6 Å². The van der Waals surface area contributed by atoms with Crippen molar-refractivity contribution in [1.29, 1.82) is 0 Å². The lowest BCUT2D eigenvalue weighted by molar-refractivity contribution is 0.0656. The molecule has 0 amide bonds. The van der Waals surface area contributed by atoms with Crippen molar-refractivity contribution < 1.29 is 14.3 Å². The first-order valence-corrected chi connectivity index (χ1v) is 5.33. The second-order valence-electron chi connectivity index (χ2n) is 3.92. The Morgan fingerprint density at radius 1 is 1.00 bits per heavy atom. The van der Waals surface area contributed by atoms with E-state index in [9.17, 15) is 4.79 Å². The minimum absolute atomic E-state index is 0.381. The van der Waals surface area contributed by atoms with Gasteiger partial charge < -0.3 is 20.9 Å². The number of fused-ring (bicyclic) bond motifs is 1. The van der Waals surface area contributed by atoms with Crippen molar-refractivity contribution in [2.75, 3.05) is 11.5 Å². The molecule has 2 aromatic rings. The highest BCUT2D eigenvalue weighted by Crippen LogP contribution is 2.42. The number of hydrogen-bond acceptors (Lipinski definition) is 5. The summed E-state index contributed by atoms with van der Waals surface area (Å²) in [7, 11) is 0. The first-order valence-electron chi connectivity index (χ1n) is 5.33. The molecule has 1 aliphatic rings. The van der Waals surface area contributed by atoms with Gasteiger partial charge in [-0.05, 0) is 36.4 Å². The highest BCUT2D eigenvalue weighted by molar-refractivity contribution is 6.06. The molecule has 3 rings (SSSR count). The number of benzene rings is 2. The van der Waals surface area contributed by atoms with E-state index < -0.39 is 5.97 Å². The molecule has 4 N–H and O–H groups in total. The number of ether oxygens (including phenoxy) is 2. The number of rotatable bonds is 2. The highest BCUT2D eigenvalue weighted by Gasteiger charge is 2.33. The minimum atomic E-state index is -0.428. The fourth-order valence-electron chi connectivity index (χ4n) is 1.73. The van der Waals surface area contributed by atoms with E-state index >= 15 is 0 Å². The number of esters is 1. The fourth-order valence-corrected chi connectivity index (χ4v) is 1.73. The molecule has 0 unspecified atom stereocenters. The summed E-state index contributed by atoms with van der Waals surface area (Å²) in [5, 5.41) is 0. The third kappa shape index (κ3) is 1.53. The summed E-state index contributed by atoms with van der Waals surface area (Å²) in [5.74, 6) is 0.979. The second kappa shape index (κ2) is 3.66. The number of nitrogens with two attached hydrogens (primary N) is 2. The van der Waals surface area contributed by atoms with Gasteiger partial charge in [0.25, 0.3) is 0 Å². The number of carbonyl (C=O) groups is 1. The predicted octanol–water partition coefficient (Wildman–Crippen LogP) is 2.18. The molecule has 0 aliphatic carbocycles. The van der Waals surface area contributed by atoms with Crippen LogP contribution in [0.1, 0.15) is 10.4 Å². The van der Waals surface area contributed by atoms with Gasteiger partial charge in [0.2, 0.25) is 0 Å². The Bertz CT molecular complexity index is 635. The predicted molar refractivity (Wildman–Crippen MR) is 66.7 cm³/mol. The molecule has 0 radical (unpaired) electrons. The Morgan fingerprint density at radius 2 is 1.72 bits per heavy atom. The van der Waals surface area contributed by atoms with Crippen LogP contribution in [0.3, 0.4) is 0 Å². The molecular weight excluding hydrogens is 232 g/mol. The molecule has 18 heavy (non-hydrogen) atoms. The molecular formula is C13H10N2O3. The van der Waals surface area contributed by atoms with Crippen molar-refractivity contribution in [2.24, 2.45) is 0 Å². The molecule has 0 bridgehead atoms. The molecule has 0 saturated carbocycles. The van der Waals surface area contributed by atoms with Crippen molar-refractivity contribution in [3.63, 3.8) is 0 Å². The van der Waals surface area contributed by atoms with Crippen LogP contribution in [-0.4, -0.2) is 5.97 Å². The summed E-state index contributed by atoms with van der Waals surface area (Å²) in [6.07, 6.45) is 0. The maximum absolute atomic E-state index is 11.4. The second-order valence-corrected chi connectivity index (χ2v) is 3.92. The number of hydrogen-bond donors (Lipinski definition) is 2. The average Bonchev–Trinajstić information content (AvgIpc) is 2.34. The number of anilines is 2. The summed E-state index contributed by atoms with van der Waals surface area (Å²) >= 11 is 0. The van der Waals surface area contributed by atoms with Gasteiger partial charge in [-0.15, -0.1) is 0 Å². The summed E-state index contributed by atoms with van der Waals surface area (Å²) in [6.45, 7) is 0. The zero-order valence-corrected chi connectivity index (χ0v) is 9.34. The Kier molecular flexibility index (Phi) is 2.13. The average molecular weight is 242 g/mol. The van der Waals surface area contributed by atoms with E-state index in [4.69, 9.17) is 20.9 Å². The van der Waals surface area contributed by atoms with Crippen LogP contribution in [0.25, 0.3) is 0 Å².